The van der Waals surface area contributed by atoms with E-state index in [0.29, 0.717) is 5.82 Å². The van der Waals surface area contributed by atoms with E-state index < -0.39 is 0 Å². The van der Waals surface area contributed by atoms with E-state index in [9.17, 15) is 4.39 Å². The van der Waals surface area contributed by atoms with Crippen LogP contribution in [0.3, 0.4) is 0 Å². The number of hydrogen-bond acceptors (Lipinski definition) is 2. The highest BCUT2D eigenvalue weighted by Crippen LogP contribution is 2.15. The monoisotopic (exact) mass is 162 g/mol. The van der Waals surface area contributed by atoms with Crippen LogP contribution in [0.4, 0.5) is 10.2 Å². The molecule has 0 saturated heterocycles. The van der Waals surface area contributed by atoms with E-state index in [1.165, 1.54) is 12.1 Å². The fourth-order valence-corrected chi connectivity index (χ4v) is 1.13. The Labute approximate surface area is 68.8 Å². The van der Waals surface area contributed by atoms with E-state index in [1.807, 2.05) is 0 Å². The standard InChI is InChI=1S/C9H7FN2/c10-8-2-1-6-5-12-9(11)4-7(6)3-8/h1-5H,(H2,11,12). The van der Waals surface area contributed by atoms with Crippen molar-refractivity contribution in [3.8, 4) is 0 Å². The molecule has 3 heteroatoms. The van der Waals surface area contributed by atoms with Gasteiger partial charge in [0, 0.05) is 11.6 Å². The normalized spacial score (nSPS) is 10.4. The molecule has 0 bridgehead atoms. The Balaban J connectivity index is 2.80. The van der Waals surface area contributed by atoms with Crippen LogP contribution in [0.15, 0.2) is 30.5 Å². The molecule has 2 nitrogen and oxygen atoms in total. The van der Waals surface area contributed by atoms with Gasteiger partial charge in [-0.2, -0.15) is 0 Å². The van der Waals surface area contributed by atoms with Crippen LogP contribution in [0.5, 0.6) is 0 Å². The van der Waals surface area contributed by atoms with Crippen molar-refractivity contribution in [1.82, 2.24) is 4.98 Å². The second kappa shape index (κ2) is 2.44. The first-order valence-corrected chi connectivity index (χ1v) is 3.56. The summed E-state index contributed by atoms with van der Waals surface area (Å²) in [4.78, 5) is 3.89. The van der Waals surface area contributed by atoms with Crippen LogP contribution in [0, 0.1) is 5.82 Å². The van der Waals surface area contributed by atoms with Crippen molar-refractivity contribution < 1.29 is 4.39 Å². The highest BCUT2D eigenvalue weighted by atomic mass is 19.1. The van der Waals surface area contributed by atoms with Gasteiger partial charge in [-0.05, 0) is 29.7 Å². The number of halogens is 1. The number of pyridine rings is 1. The summed E-state index contributed by atoms with van der Waals surface area (Å²) in [6.45, 7) is 0. The van der Waals surface area contributed by atoms with Crippen LogP contribution >= 0.6 is 0 Å². The Morgan fingerprint density at radius 2 is 2.00 bits per heavy atom. The number of benzene rings is 1. The fraction of sp³-hybridized carbons (Fsp3) is 0. The number of anilines is 1. The lowest BCUT2D eigenvalue weighted by Crippen LogP contribution is -1.88. The molecule has 0 aliphatic heterocycles. The lowest BCUT2D eigenvalue weighted by Gasteiger charge is -1.97. The van der Waals surface area contributed by atoms with E-state index in [0.717, 1.165) is 10.8 Å². The number of nitrogens with two attached hydrogens (primary N) is 1. The topological polar surface area (TPSA) is 38.9 Å². The lowest BCUT2D eigenvalue weighted by atomic mass is 10.2. The molecule has 0 radical (unpaired) electrons. The van der Waals surface area contributed by atoms with Crippen molar-refractivity contribution in [3.05, 3.63) is 36.3 Å². The number of aromatic nitrogens is 1. The van der Waals surface area contributed by atoms with Gasteiger partial charge in [0.15, 0.2) is 0 Å². The molecule has 0 aliphatic rings. The van der Waals surface area contributed by atoms with Crippen molar-refractivity contribution >= 4 is 16.6 Å². The van der Waals surface area contributed by atoms with E-state index in [1.54, 1.807) is 18.3 Å². The lowest BCUT2D eigenvalue weighted by molar-refractivity contribution is 0.630. The third kappa shape index (κ3) is 1.09. The molecule has 0 unspecified atom stereocenters. The molecule has 2 rings (SSSR count). The molecule has 12 heavy (non-hydrogen) atoms. The molecular weight excluding hydrogens is 155 g/mol. The summed E-state index contributed by atoms with van der Waals surface area (Å²) < 4.78 is 12.7. The van der Waals surface area contributed by atoms with Gasteiger partial charge in [0.05, 0.1) is 0 Å². The van der Waals surface area contributed by atoms with Gasteiger partial charge in [-0.15, -0.1) is 0 Å². The largest absolute Gasteiger partial charge is 0.384 e. The molecule has 0 fully saturated rings. The molecule has 2 aromatic rings. The molecule has 1 aromatic carbocycles. The van der Waals surface area contributed by atoms with E-state index in [4.69, 9.17) is 5.73 Å². The number of rotatable bonds is 0. The Bertz CT molecular complexity index is 389. The second-order valence-corrected chi connectivity index (χ2v) is 2.60. The molecule has 0 spiro atoms. The quantitative estimate of drug-likeness (QED) is 0.643. The third-order valence-corrected chi connectivity index (χ3v) is 1.70. The van der Waals surface area contributed by atoms with Gasteiger partial charge in [0.2, 0.25) is 0 Å². The summed E-state index contributed by atoms with van der Waals surface area (Å²) in [5.41, 5.74) is 5.44. The van der Waals surface area contributed by atoms with Crippen molar-refractivity contribution in [2.45, 2.75) is 0 Å². The van der Waals surface area contributed by atoms with Crippen molar-refractivity contribution in [2.24, 2.45) is 0 Å². The minimum atomic E-state index is -0.256. The highest BCUT2D eigenvalue weighted by molar-refractivity contribution is 5.83. The van der Waals surface area contributed by atoms with Crippen LogP contribution in [0.2, 0.25) is 0 Å². The SMILES string of the molecule is Nc1cc2cc(F)ccc2cn1. The van der Waals surface area contributed by atoms with Crippen LogP contribution < -0.4 is 5.73 Å². The predicted octanol–water partition coefficient (Wildman–Crippen LogP) is 1.96. The third-order valence-electron chi connectivity index (χ3n) is 1.70. The predicted molar refractivity (Wildman–Crippen MR) is 46.1 cm³/mol. The molecule has 0 amide bonds. The molecule has 0 saturated carbocycles. The second-order valence-electron chi connectivity index (χ2n) is 2.60. The summed E-state index contributed by atoms with van der Waals surface area (Å²) in [6.07, 6.45) is 1.63. The first-order valence-electron chi connectivity index (χ1n) is 3.56. The van der Waals surface area contributed by atoms with E-state index >= 15 is 0 Å². The van der Waals surface area contributed by atoms with Crippen LogP contribution in [0.25, 0.3) is 10.8 Å². The molecule has 1 heterocycles. The molecule has 0 aliphatic carbocycles. The minimum Gasteiger partial charge on any atom is -0.384 e. The highest BCUT2D eigenvalue weighted by Gasteiger charge is 1.95. The maximum atomic E-state index is 12.7. The van der Waals surface area contributed by atoms with Crippen molar-refractivity contribution in [1.29, 1.82) is 0 Å². The van der Waals surface area contributed by atoms with Gasteiger partial charge in [-0.3, -0.25) is 0 Å². The number of nitrogen functional groups attached to an aromatic ring is 1. The van der Waals surface area contributed by atoms with Gasteiger partial charge in [0.1, 0.15) is 11.6 Å². The number of hydrogen-bond donors (Lipinski definition) is 1. The van der Waals surface area contributed by atoms with Crippen LogP contribution in [0.1, 0.15) is 0 Å². The minimum absolute atomic E-state index is 0.256. The number of nitrogens with zero attached hydrogens (tertiary/aromatic N) is 1. The van der Waals surface area contributed by atoms with Gasteiger partial charge in [-0.25, -0.2) is 9.37 Å². The molecule has 0 atom stereocenters. The first kappa shape index (κ1) is 7.03. The first-order chi connectivity index (χ1) is 5.75. The summed E-state index contributed by atoms with van der Waals surface area (Å²) in [5, 5.41) is 1.67. The van der Waals surface area contributed by atoms with Crippen molar-refractivity contribution in [2.75, 3.05) is 5.73 Å². The maximum Gasteiger partial charge on any atom is 0.123 e. The summed E-state index contributed by atoms with van der Waals surface area (Å²) in [5.74, 6) is 0.154. The summed E-state index contributed by atoms with van der Waals surface area (Å²) >= 11 is 0. The summed E-state index contributed by atoms with van der Waals surface area (Å²) in [6, 6.07) is 6.17. The molecule has 1 aromatic heterocycles. The van der Waals surface area contributed by atoms with Gasteiger partial charge < -0.3 is 5.73 Å². The van der Waals surface area contributed by atoms with Gasteiger partial charge >= 0.3 is 0 Å². The van der Waals surface area contributed by atoms with Gasteiger partial charge in [-0.1, -0.05) is 0 Å². The van der Waals surface area contributed by atoms with E-state index in [2.05, 4.69) is 4.98 Å². The van der Waals surface area contributed by atoms with Crippen LogP contribution in [-0.4, -0.2) is 4.98 Å². The Kier molecular flexibility index (Phi) is 1.43. The average molecular weight is 162 g/mol. The Hall–Kier alpha value is -1.64. The molecular formula is C9H7FN2. The Morgan fingerprint density at radius 1 is 1.17 bits per heavy atom. The maximum absolute atomic E-state index is 12.7. The molecule has 60 valence electrons. The Morgan fingerprint density at radius 3 is 2.83 bits per heavy atom. The van der Waals surface area contributed by atoms with Crippen molar-refractivity contribution in [3.63, 3.8) is 0 Å². The zero-order valence-corrected chi connectivity index (χ0v) is 6.29. The zero-order valence-electron chi connectivity index (χ0n) is 6.29. The summed E-state index contributed by atoms with van der Waals surface area (Å²) in [7, 11) is 0. The fourth-order valence-electron chi connectivity index (χ4n) is 1.13. The smallest absolute Gasteiger partial charge is 0.123 e. The number of fused-ring (bicyclic) bond motifs is 1. The van der Waals surface area contributed by atoms with E-state index in [-0.39, 0.29) is 5.82 Å². The average Bonchev–Trinajstić information content (AvgIpc) is 2.03. The molecule has 2 N–H and O–H groups in total. The van der Waals surface area contributed by atoms with Crippen LogP contribution in [-0.2, 0) is 0 Å². The van der Waals surface area contributed by atoms with Gasteiger partial charge in [0.25, 0.3) is 0 Å². The zero-order chi connectivity index (χ0) is 8.55.